The van der Waals surface area contributed by atoms with Crippen molar-refractivity contribution in [1.82, 2.24) is 0 Å². The number of carbonyl (C=O) groups excluding carboxylic acids is 2. The van der Waals surface area contributed by atoms with Gasteiger partial charge in [-0.3, -0.25) is 4.79 Å². The largest absolute Gasteiger partial charge is 0.507 e. The first-order valence-corrected chi connectivity index (χ1v) is 9.57. The molecule has 152 valence electrons. The molecule has 0 bridgehead atoms. The fourth-order valence-corrected chi connectivity index (χ4v) is 3.74. The Bertz CT molecular complexity index is 1260. The molecule has 0 spiro atoms. The van der Waals surface area contributed by atoms with Gasteiger partial charge in [0, 0.05) is 11.1 Å². The standard InChI is InChI=1S/C25H18N2O4/c1-31-25(30)19-13-21(28)27-23-18(24(19)29)12-17(15-8-4-2-5-9-15)22(20(23)14-26)16-10-6-3-7-11-16/h2-12,29H,13H2,1H3,(H,27,28). The lowest BCUT2D eigenvalue weighted by Crippen LogP contribution is -2.15. The Morgan fingerprint density at radius 3 is 2.23 bits per heavy atom. The number of rotatable bonds is 3. The number of methoxy groups -OCH3 is 1. The number of benzene rings is 3. The van der Waals surface area contributed by atoms with Crippen molar-refractivity contribution in [2.75, 3.05) is 12.4 Å². The van der Waals surface area contributed by atoms with Crippen molar-refractivity contribution in [3.63, 3.8) is 0 Å². The molecule has 0 radical (unpaired) electrons. The maximum atomic E-state index is 12.5. The minimum absolute atomic E-state index is 0.158. The molecule has 1 heterocycles. The summed E-state index contributed by atoms with van der Waals surface area (Å²) < 4.78 is 4.74. The molecule has 6 nitrogen and oxygen atoms in total. The summed E-state index contributed by atoms with van der Waals surface area (Å²) in [6.07, 6.45) is -0.362. The van der Waals surface area contributed by atoms with Crippen LogP contribution in [0.4, 0.5) is 5.69 Å². The van der Waals surface area contributed by atoms with Crippen LogP contribution in [0.5, 0.6) is 0 Å². The Kier molecular flexibility index (Phi) is 5.25. The van der Waals surface area contributed by atoms with E-state index in [1.165, 1.54) is 7.11 Å². The van der Waals surface area contributed by atoms with E-state index in [2.05, 4.69) is 11.4 Å². The van der Waals surface area contributed by atoms with Crippen LogP contribution in [0.25, 0.3) is 28.0 Å². The molecule has 31 heavy (non-hydrogen) atoms. The second-order valence-corrected chi connectivity index (χ2v) is 6.98. The number of carbonyl (C=O) groups is 2. The van der Waals surface area contributed by atoms with E-state index in [1.54, 1.807) is 6.07 Å². The first kappa shape index (κ1) is 19.9. The zero-order chi connectivity index (χ0) is 22.0. The number of ether oxygens (including phenoxy) is 1. The van der Waals surface area contributed by atoms with Gasteiger partial charge in [0.25, 0.3) is 0 Å². The van der Waals surface area contributed by atoms with Crippen LogP contribution < -0.4 is 5.32 Å². The second kappa shape index (κ2) is 8.17. The van der Waals surface area contributed by atoms with E-state index in [9.17, 15) is 20.0 Å². The highest BCUT2D eigenvalue weighted by Gasteiger charge is 2.30. The van der Waals surface area contributed by atoms with Gasteiger partial charge in [-0.25, -0.2) is 4.79 Å². The quantitative estimate of drug-likeness (QED) is 0.611. The molecule has 2 N–H and O–H groups in total. The third-order valence-electron chi connectivity index (χ3n) is 5.16. The molecule has 0 atom stereocenters. The summed E-state index contributed by atoms with van der Waals surface area (Å²) in [5, 5.41) is 23.8. The highest BCUT2D eigenvalue weighted by molar-refractivity contribution is 6.10. The maximum Gasteiger partial charge on any atom is 0.338 e. The third-order valence-corrected chi connectivity index (χ3v) is 5.16. The van der Waals surface area contributed by atoms with Gasteiger partial charge in [0.2, 0.25) is 5.91 Å². The number of nitriles is 1. The average Bonchev–Trinajstić information content (AvgIpc) is 2.94. The number of hydrogen-bond donors (Lipinski definition) is 2. The van der Waals surface area contributed by atoms with Crippen LogP contribution in [0.2, 0.25) is 0 Å². The molecule has 1 amide bonds. The fraction of sp³-hybridized carbons (Fsp3) is 0.0800. The topological polar surface area (TPSA) is 99.4 Å². The van der Waals surface area contributed by atoms with E-state index in [0.717, 1.165) is 11.1 Å². The normalized spacial score (nSPS) is 13.0. The van der Waals surface area contributed by atoms with Gasteiger partial charge < -0.3 is 15.2 Å². The number of hydrogen-bond acceptors (Lipinski definition) is 5. The Hall–Kier alpha value is -4.37. The molecule has 0 saturated heterocycles. The minimum atomic E-state index is -0.799. The molecule has 0 fully saturated rings. The highest BCUT2D eigenvalue weighted by atomic mass is 16.5. The van der Waals surface area contributed by atoms with Crippen LogP contribution in [-0.4, -0.2) is 24.1 Å². The van der Waals surface area contributed by atoms with Gasteiger partial charge in [-0.05, 0) is 22.8 Å². The van der Waals surface area contributed by atoms with E-state index >= 15 is 0 Å². The second-order valence-electron chi connectivity index (χ2n) is 6.98. The van der Waals surface area contributed by atoms with Crippen LogP contribution in [-0.2, 0) is 14.3 Å². The van der Waals surface area contributed by atoms with E-state index in [4.69, 9.17) is 4.74 Å². The van der Waals surface area contributed by atoms with Crippen molar-refractivity contribution in [2.24, 2.45) is 0 Å². The Labute approximate surface area is 179 Å². The number of aliphatic hydroxyl groups is 1. The molecule has 0 aromatic heterocycles. The van der Waals surface area contributed by atoms with Crippen LogP contribution in [0, 0.1) is 11.3 Å². The monoisotopic (exact) mass is 410 g/mol. The van der Waals surface area contributed by atoms with Crippen LogP contribution in [0.3, 0.4) is 0 Å². The van der Waals surface area contributed by atoms with Crippen molar-refractivity contribution in [3.05, 3.63) is 83.4 Å². The number of anilines is 1. The summed E-state index contributed by atoms with van der Waals surface area (Å²) in [4.78, 5) is 24.7. The van der Waals surface area contributed by atoms with Crippen molar-refractivity contribution in [3.8, 4) is 28.3 Å². The van der Waals surface area contributed by atoms with E-state index in [1.807, 2.05) is 60.7 Å². The first-order valence-electron chi connectivity index (χ1n) is 9.57. The lowest BCUT2D eigenvalue weighted by atomic mass is 9.87. The van der Waals surface area contributed by atoms with E-state index < -0.39 is 11.9 Å². The predicted molar refractivity (Wildman–Crippen MR) is 117 cm³/mol. The first-order chi connectivity index (χ1) is 15.0. The van der Waals surface area contributed by atoms with Crippen molar-refractivity contribution in [1.29, 1.82) is 5.26 Å². The number of nitrogens with one attached hydrogen (secondary N) is 1. The smallest absolute Gasteiger partial charge is 0.338 e. The summed E-state index contributed by atoms with van der Waals surface area (Å²) in [7, 11) is 1.18. The summed E-state index contributed by atoms with van der Waals surface area (Å²) >= 11 is 0. The van der Waals surface area contributed by atoms with Crippen LogP contribution in [0.15, 0.2) is 72.3 Å². The van der Waals surface area contributed by atoms with E-state index in [-0.39, 0.29) is 34.6 Å². The van der Waals surface area contributed by atoms with Gasteiger partial charge in [-0.2, -0.15) is 5.26 Å². The molecule has 0 unspecified atom stereocenters. The number of amides is 1. The van der Waals surface area contributed by atoms with Crippen LogP contribution in [0.1, 0.15) is 17.5 Å². The molecule has 3 aromatic carbocycles. The molecule has 6 heteroatoms. The molecule has 3 aromatic rings. The zero-order valence-corrected chi connectivity index (χ0v) is 16.7. The van der Waals surface area contributed by atoms with Gasteiger partial charge in [-0.1, -0.05) is 60.7 Å². The van der Waals surface area contributed by atoms with Crippen LogP contribution >= 0.6 is 0 Å². The fourth-order valence-electron chi connectivity index (χ4n) is 3.74. The summed E-state index contributed by atoms with van der Waals surface area (Å²) in [6, 6.07) is 22.7. The van der Waals surface area contributed by atoms with Crippen molar-refractivity contribution in [2.45, 2.75) is 6.42 Å². The van der Waals surface area contributed by atoms with Crippen molar-refractivity contribution >= 4 is 23.3 Å². The third kappa shape index (κ3) is 3.53. The number of aliphatic hydroxyl groups excluding tert-OH is 1. The van der Waals surface area contributed by atoms with Crippen molar-refractivity contribution < 1.29 is 19.4 Å². The summed E-state index contributed by atoms with van der Waals surface area (Å²) in [5.41, 5.74) is 3.34. The lowest BCUT2D eigenvalue weighted by Gasteiger charge is -2.19. The summed E-state index contributed by atoms with van der Waals surface area (Å²) in [5.74, 6) is -1.70. The molecular formula is C25H18N2O4. The van der Waals surface area contributed by atoms with Gasteiger partial charge in [0.1, 0.15) is 11.8 Å². The van der Waals surface area contributed by atoms with E-state index in [0.29, 0.717) is 11.1 Å². The van der Waals surface area contributed by atoms with Gasteiger partial charge >= 0.3 is 5.97 Å². The van der Waals surface area contributed by atoms with Gasteiger partial charge in [0.05, 0.1) is 30.4 Å². The minimum Gasteiger partial charge on any atom is -0.507 e. The molecule has 0 aliphatic carbocycles. The number of nitrogens with zero attached hydrogens (tertiary/aromatic N) is 1. The average molecular weight is 410 g/mol. The molecule has 4 rings (SSSR count). The summed E-state index contributed by atoms with van der Waals surface area (Å²) in [6.45, 7) is 0. The molecule has 1 aliphatic heterocycles. The molecule has 1 aliphatic rings. The maximum absolute atomic E-state index is 12.5. The Morgan fingerprint density at radius 2 is 1.65 bits per heavy atom. The van der Waals surface area contributed by atoms with Gasteiger partial charge in [0.15, 0.2) is 0 Å². The molecular weight excluding hydrogens is 392 g/mol. The Balaban J connectivity index is 2.13. The lowest BCUT2D eigenvalue weighted by molar-refractivity contribution is -0.137. The Morgan fingerprint density at radius 1 is 1.03 bits per heavy atom. The predicted octanol–water partition coefficient (Wildman–Crippen LogP) is 4.68. The molecule has 0 saturated carbocycles. The highest BCUT2D eigenvalue weighted by Crippen LogP contribution is 2.43. The zero-order valence-electron chi connectivity index (χ0n) is 16.7. The van der Waals surface area contributed by atoms with Gasteiger partial charge in [-0.15, -0.1) is 0 Å². The number of esters is 1. The number of fused-ring (bicyclic) bond motifs is 1. The SMILES string of the molecule is COC(=O)C1=C(O)c2cc(-c3ccccc3)c(-c3ccccc3)c(C#N)c2NC(=O)C1.